The largest absolute Gasteiger partial charge is 0.466 e. The van der Waals surface area contributed by atoms with Gasteiger partial charge in [0, 0.05) is 16.8 Å². The molecule has 0 bridgehead atoms. The van der Waals surface area contributed by atoms with E-state index < -0.39 is 0 Å². The minimum atomic E-state index is 0.491. The molecule has 4 aromatic carbocycles. The summed E-state index contributed by atoms with van der Waals surface area (Å²) in [5.41, 5.74) is 5.65. The first-order chi connectivity index (χ1) is 14.7. The smallest absolute Gasteiger partial charge is 0.381 e. The van der Waals surface area contributed by atoms with Crippen molar-refractivity contribution >= 4 is 49.5 Å². The van der Waals surface area contributed by atoms with Crippen LogP contribution in [0.4, 0.5) is 5.69 Å². The maximum atomic E-state index is 7.74. The Kier molecular flexibility index (Phi) is 3.33. The highest BCUT2D eigenvalue weighted by Crippen LogP contribution is 2.43. The standard InChI is InChI=1S/C26H17N2O2/c1-15-8-4-6-10-17(15)26-28(3)21-14-20(27-2)24-22(25(21)30-26)19-13-12-16-9-5-7-11-18(16)23(19)29-24/h4-14H,1,3H3/q+1. The first kappa shape index (κ1) is 16.8. The first-order valence-electron chi connectivity index (χ1n) is 9.80. The maximum Gasteiger partial charge on any atom is 0.381 e. The molecule has 2 aromatic heterocycles. The SMILES string of the molecule is [C-]#[N+]c1cc2c(oc(-c3ccccc3C)[n+]2C)c2c1oc1c3ccccc3ccc12. The summed E-state index contributed by atoms with van der Waals surface area (Å²) in [6.07, 6.45) is 0. The van der Waals surface area contributed by atoms with Crippen LogP contribution in [0.25, 0.3) is 60.1 Å². The highest BCUT2D eigenvalue weighted by molar-refractivity contribution is 6.23. The minimum Gasteiger partial charge on any atom is -0.466 e. The molecule has 0 N–H and O–H groups in total. The number of hydrogen-bond acceptors (Lipinski definition) is 2. The van der Waals surface area contributed by atoms with Crippen LogP contribution >= 0.6 is 0 Å². The van der Waals surface area contributed by atoms with Crippen LogP contribution in [0.2, 0.25) is 0 Å². The van der Waals surface area contributed by atoms with Crippen LogP contribution in [0.3, 0.4) is 0 Å². The number of aryl methyl sites for hydroxylation is 2. The normalized spacial score (nSPS) is 11.6. The molecule has 0 fully saturated rings. The molecular formula is C26H17N2O2+. The predicted molar refractivity (Wildman–Crippen MR) is 119 cm³/mol. The lowest BCUT2D eigenvalue weighted by molar-refractivity contribution is -0.637. The highest BCUT2D eigenvalue weighted by atomic mass is 16.4. The molecule has 0 aliphatic heterocycles. The molecule has 0 aliphatic rings. The van der Waals surface area contributed by atoms with E-state index in [0.29, 0.717) is 11.3 Å². The molecule has 6 aromatic rings. The van der Waals surface area contributed by atoms with Crippen molar-refractivity contribution < 1.29 is 13.4 Å². The molecule has 6 rings (SSSR count). The van der Waals surface area contributed by atoms with E-state index in [0.717, 1.165) is 55.2 Å². The van der Waals surface area contributed by atoms with Gasteiger partial charge in [-0.05, 0) is 30.0 Å². The molecule has 0 radical (unpaired) electrons. The lowest BCUT2D eigenvalue weighted by atomic mass is 10.1. The van der Waals surface area contributed by atoms with Gasteiger partial charge in [0.05, 0.1) is 17.5 Å². The molecule has 142 valence electrons. The number of aromatic nitrogens is 1. The highest BCUT2D eigenvalue weighted by Gasteiger charge is 2.28. The molecule has 0 amide bonds. The van der Waals surface area contributed by atoms with E-state index in [1.54, 1.807) is 0 Å². The summed E-state index contributed by atoms with van der Waals surface area (Å²) in [5, 5.41) is 3.96. The first-order valence-corrected chi connectivity index (χ1v) is 9.80. The molecule has 0 saturated carbocycles. The van der Waals surface area contributed by atoms with Crippen molar-refractivity contribution in [2.24, 2.45) is 7.05 Å². The molecule has 0 aliphatic carbocycles. The van der Waals surface area contributed by atoms with Gasteiger partial charge in [-0.3, -0.25) is 0 Å². The fourth-order valence-corrected chi connectivity index (χ4v) is 4.38. The molecule has 0 saturated heterocycles. The molecule has 0 spiro atoms. The van der Waals surface area contributed by atoms with Gasteiger partial charge in [0.2, 0.25) is 16.8 Å². The monoisotopic (exact) mass is 389 g/mol. The number of nitrogens with zero attached hydrogens (tertiary/aromatic N) is 2. The van der Waals surface area contributed by atoms with Crippen LogP contribution in [-0.4, -0.2) is 0 Å². The van der Waals surface area contributed by atoms with Crippen molar-refractivity contribution in [1.82, 2.24) is 0 Å². The third-order valence-corrected chi connectivity index (χ3v) is 5.91. The minimum absolute atomic E-state index is 0.491. The zero-order valence-electron chi connectivity index (χ0n) is 16.6. The summed E-state index contributed by atoms with van der Waals surface area (Å²) in [6, 6.07) is 22.3. The Morgan fingerprint density at radius 1 is 0.833 bits per heavy atom. The van der Waals surface area contributed by atoms with Crippen LogP contribution in [0, 0.1) is 13.5 Å². The number of oxazole rings is 1. The van der Waals surface area contributed by atoms with Gasteiger partial charge < -0.3 is 8.83 Å². The van der Waals surface area contributed by atoms with Gasteiger partial charge in [0.25, 0.3) is 0 Å². The maximum absolute atomic E-state index is 7.74. The summed E-state index contributed by atoms with van der Waals surface area (Å²) >= 11 is 0. The topological polar surface area (TPSA) is 34.5 Å². The molecule has 0 atom stereocenters. The van der Waals surface area contributed by atoms with E-state index >= 15 is 0 Å². The van der Waals surface area contributed by atoms with Crippen molar-refractivity contribution in [3.05, 3.63) is 83.7 Å². The fourth-order valence-electron chi connectivity index (χ4n) is 4.38. The van der Waals surface area contributed by atoms with E-state index in [-0.39, 0.29) is 0 Å². The van der Waals surface area contributed by atoms with E-state index in [1.807, 2.05) is 41.9 Å². The second-order valence-electron chi connectivity index (χ2n) is 7.61. The lowest BCUT2D eigenvalue weighted by Crippen LogP contribution is -2.28. The van der Waals surface area contributed by atoms with E-state index in [9.17, 15) is 0 Å². The van der Waals surface area contributed by atoms with Crippen molar-refractivity contribution in [2.45, 2.75) is 6.92 Å². The van der Waals surface area contributed by atoms with Crippen LogP contribution in [0.15, 0.2) is 75.6 Å². The van der Waals surface area contributed by atoms with Gasteiger partial charge in [-0.2, -0.15) is 4.57 Å². The third-order valence-electron chi connectivity index (χ3n) is 5.91. The zero-order chi connectivity index (χ0) is 20.4. The number of benzene rings is 4. The molecule has 2 heterocycles. The average molecular weight is 389 g/mol. The number of furan rings is 1. The van der Waals surface area contributed by atoms with Gasteiger partial charge in [0.1, 0.15) is 18.2 Å². The van der Waals surface area contributed by atoms with Crippen LogP contribution < -0.4 is 4.57 Å². The van der Waals surface area contributed by atoms with Crippen LogP contribution in [0.5, 0.6) is 0 Å². The Morgan fingerprint density at radius 2 is 1.63 bits per heavy atom. The number of hydrogen-bond donors (Lipinski definition) is 0. The van der Waals surface area contributed by atoms with Crippen molar-refractivity contribution in [2.75, 3.05) is 0 Å². The van der Waals surface area contributed by atoms with E-state index in [4.69, 9.17) is 15.4 Å². The van der Waals surface area contributed by atoms with Crippen molar-refractivity contribution in [3.63, 3.8) is 0 Å². The Hall–Kier alpha value is -4.10. The fraction of sp³-hybridized carbons (Fsp3) is 0.0769. The zero-order valence-corrected chi connectivity index (χ0v) is 16.6. The lowest BCUT2D eigenvalue weighted by Gasteiger charge is -1.97. The summed E-state index contributed by atoms with van der Waals surface area (Å²) in [5.74, 6) is 0.765. The number of fused-ring (bicyclic) bond motifs is 7. The predicted octanol–water partition coefficient (Wildman–Crippen LogP) is 6.84. The molecular weight excluding hydrogens is 372 g/mol. The second kappa shape index (κ2) is 5.95. The molecule has 4 nitrogen and oxygen atoms in total. The van der Waals surface area contributed by atoms with Gasteiger partial charge in [0.15, 0.2) is 0 Å². The van der Waals surface area contributed by atoms with E-state index in [1.165, 1.54) is 0 Å². The van der Waals surface area contributed by atoms with Crippen molar-refractivity contribution in [3.8, 4) is 11.5 Å². The van der Waals surface area contributed by atoms with Gasteiger partial charge >= 0.3 is 5.89 Å². The Balaban J connectivity index is 1.82. The van der Waals surface area contributed by atoms with Gasteiger partial charge in [-0.1, -0.05) is 48.5 Å². The Bertz CT molecular complexity index is 1680. The number of rotatable bonds is 1. The summed E-state index contributed by atoms with van der Waals surface area (Å²) in [7, 11) is 1.98. The Morgan fingerprint density at radius 3 is 2.47 bits per heavy atom. The van der Waals surface area contributed by atoms with Gasteiger partial charge in [-0.25, -0.2) is 4.85 Å². The van der Waals surface area contributed by atoms with Gasteiger partial charge in [-0.15, -0.1) is 0 Å². The second-order valence-corrected chi connectivity index (χ2v) is 7.61. The molecule has 4 heteroatoms. The van der Waals surface area contributed by atoms with E-state index in [2.05, 4.69) is 48.2 Å². The van der Waals surface area contributed by atoms with Crippen molar-refractivity contribution in [1.29, 1.82) is 0 Å². The molecule has 0 unspecified atom stereocenters. The summed E-state index contributed by atoms with van der Waals surface area (Å²) in [4.78, 5) is 3.77. The Labute approximate surface area is 172 Å². The van der Waals surface area contributed by atoms with Crippen LogP contribution in [-0.2, 0) is 7.05 Å². The summed E-state index contributed by atoms with van der Waals surface area (Å²) < 4.78 is 14.8. The molecule has 30 heavy (non-hydrogen) atoms. The quantitative estimate of drug-likeness (QED) is 0.228. The third kappa shape index (κ3) is 2.12. The average Bonchev–Trinajstić information content (AvgIpc) is 3.32. The summed E-state index contributed by atoms with van der Waals surface area (Å²) in [6.45, 7) is 9.81. The van der Waals surface area contributed by atoms with Crippen LogP contribution in [0.1, 0.15) is 5.56 Å².